The van der Waals surface area contributed by atoms with E-state index in [2.05, 4.69) is 10.6 Å². The van der Waals surface area contributed by atoms with Crippen LogP contribution in [0.4, 0.5) is 0 Å². The minimum absolute atomic E-state index is 0.0925. The first-order valence-corrected chi connectivity index (χ1v) is 5.35. The SMILES string of the molecule is O=C(CNC(=O)c1ccoc1)NCc1ccco1. The molecule has 0 saturated heterocycles. The highest BCUT2D eigenvalue weighted by Crippen LogP contribution is 1.99. The van der Waals surface area contributed by atoms with E-state index in [-0.39, 0.29) is 18.4 Å². The Morgan fingerprint density at radius 2 is 2.06 bits per heavy atom. The van der Waals surface area contributed by atoms with Crippen LogP contribution in [0.5, 0.6) is 0 Å². The second-order valence-electron chi connectivity index (χ2n) is 3.55. The lowest BCUT2D eigenvalue weighted by molar-refractivity contribution is -0.120. The number of amides is 2. The number of rotatable bonds is 5. The van der Waals surface area contributed by atoms with Gasteiger partial charge in [-0.05, 0) is 18.2 Å². The smallest absolute Gasteiger partial charge is 0.254 e. The topological polar surface area (TPSA) is 84.5 Å². The van der Waals surface area contributed by atoms with Gasteiger partial charge in [0, 0.05) is 0 Å². The first kappa shape index (κ1) is 12.0. The van der Waals surface area contributed by atoms with Crippen LogP contribution >= 0.6 is 0 Å². The lowest BCUT2D eigenvalue weighted by Crippen LogP contribution is -2.36. The molecule has 2 N–H and O–H groups in total. The second kappa shape index (κ2) is 5.72. The Bertz CT molecular complexity index is 502. The molecule has 2 aromatic heterocycles. The van der Waals surface area contributed by atoms with Gasteiger partial charge >= 0.3 is 0 Å². The van der Waals surface area contributed by atoms with Crippen molar-refractivity contribution in [2.24, 2.45) is 0 Å². The Morgan fingerprint density at radius 1 is 1.17 bits per heavy atom. The van der Waals surface area contributed by atoms with Gasteiger partial charge in [-0.1, -0.05) is 0 Å². The summed E-state index contributed by atoms with van der Waals surface area (Å²) in [5, 5.41) is 5.09. The van der Waals surface area contributed by atoms with Crippen LogP contribution in [0, 0.1) is 0 Å². The number of hydrogen-bond acceptors (Lipinski definition) is 4. The van der Waals surface area contributed by atoms with Gasteiger partial charge in [0.25, 0.3) is 5.91 Å². The zero-order valence-corrected chi connectivity index (χ0v) is 9.51. The van der Waals surface area contributed by atoms with Crippen LogP contribution in [-0.2, 0) is 11.3 Å². The molecule has 0 spiro atoms. The molecular weight excluding hydrogens is 236 g/mol. The summed E-state index contributed by atoms with van der Waals surface area (Å²) in [5.74, 6) is 0.0182. The molecule has 0 aliphatic rings. The molecule has 2 rings (SSSR count). The largest absolute Gasteiger partial charge is 0.472 e. The molecule has 2 aromatic rings. The third kappa shape index (κ3) is 3.24. The molecule has 2 heterocycles. The Labute approximate surface area is 103 Å². The summed E-state index contributed by atoms with van der Waals surface area (Å²) in [5.41, 5.74) is 0.383. The highest BCUT2D eigenvalue weighted by Gasteiger charge is 2.08. The maximum atomic E-state index is 11.5. The van der Waals surface area contributed by atoms with Crippen molar-refractivity contribution in [1.29, 1.82) is 0 Å². The van der Waals surface area contributed by atoms with Crippen molar-refractivity contribution < 1.29 is 18.4 Å². The first-order valence-electron chi connectivity index (χ1n) is 5.35. The fourth-order valence-corrected chi connectivity index (χ4v) is 1.32. The third-order valence-electron chi connectivity index (χ3n) is 2.23. The minimum atomic E-state index is -0.350. The summed E-state index contributed by atoms with van der Waals surface area (Å²) in [6, 6.07) is 5.02. The predicted molar refractivity (Wildman–Crippen MR) is 61.6 cm³/mol. The maximum absolute atomic E-state index is 11.5. The van der Waals surface area contributed by atoms with Gasteiger partial charge < -0.3 is 19.5 Å². The normalized spacial score (nSPS) is 10.0. The molecule has 6 nitrogen and oxygen atoms in total. The zero-order chi connectivity index (χ0) is 12.8. The van der Waals surface area contributed by atoms with E-state index in [0.717, 1.165) is 0 Å². The molecule has 94 valence electrons. The average molecular weight is 248 g/mol. The van der Waals surface area contributed by atoms with Gasteiger partial charge in [0.15, 0.2) is 0 Å². The molecule has 0 radical (unpaired) electrons. The highest BCUT2D eigenvalue weighted by atomic mass is 16.3. The van der Waals surface area contributed by atoms with E-state index >= 15 is 0 Å². The number of carbonyl (C=O) groups excluding carboxylic acids is 2. The van der Waals surface area contributed by atoms with Crippen molar-refractivity contribution in [3.8, 4) is 0 Å². The summed E-state index contributed by atoms with van der Waals surface area (Å²) in [6.07, 6.45) is 4.24. The second-order valence-corrected chi connectivity index (χ2v) is 3.55. The van der Waals surface area contributed by atoms with E-state index in [1.54, 1.807) is 12.1 Å². The summed E-state index contributed by atoms with van der Waals surface area (Å²) in [7, 11) is 0. The molecule has 0 unspecified atom stereocenters. The van der Waals surface area contributed by atoms with Crippen LogP contribution in [0.25, 0.3) is 0 Å². The zero-order valence-electron chi connectivity index (χ0n) is 9.51. The Balaban J connectivity index is 1.70. The van der Waals surface area contributed by atoms with Crippen molar-refractivity contribution >= 4 is 11.8 Å². The summed E-state index contributed by atoms with van der Waals surface area (Å²) in [4.78, 5) is 22.9. The molecule has 18 heavy (non-hydrogen) atoms. The molecule has 0 fully saturated rings. The Kier molecular flexibility index (Phi) is 3.80. The lowest BCUT2D eigenvalue weighted by atomic mass is 10.3. The van der Waals surface area contributed by atoms with Crippen LogP contribution < -0.4 is 10.6 Å². The molecular formula is C12H12N2O4. The monoisotopic (exact) mass is 248 g/mol. The molecule has 6 heteroatoms. The molecule has 0 aromatic carbocycles. The van der Waals surface area contributed by atoms with Crippen LogP contribution in [-0.4, -0.2) is 18.4 Å². The van der Waals surface area contributed by atoms with Gasteiger partial charge in [0.2, 0.25) is 5.91 Å². The van der Waals surface area contributed by atoms with E-state index < -0.39 is 0 Å². The molecule has 0 aliphatic heterocycles. The van der Waals surface area contributed by atoms with Crippen molar-refractivity contribution in [2.45, 2.75) is 6.54 Å². The van der Waals surface area contributed by atoms with Crippen molar-refractivity contribution in [1.82, 2.24) is 10.6 Å². The fraction of sp³-hybridized carbons (Fsp3) is 0.167. The molecule has 0 aliphatic carbocycles. The van der Waals surface area contributed by atoms with Crippen LogP contribution in [0.3, 0.4) is 0 Å². The van der Waals surface area contributed by atoms with Crippen molar-refractivity contribution in [3.63, 3.8) is 0 Å². The van der Waals surface area contributed by atoms with Gasteiger partial charge in [-0.15, -0.1) is 0 Å². The predicted octanol–water partition coefficient (Wildman–Crippen LogP) is 0.919. The van der Waals surface area contributed by atoms with Crippen LogP contribution in [0.15, 0.2) is 45.8 Å². The van der Waals surface area contributed by atoms with Gasteiger partial charge in [-0.2, -0.15) is 0 Å². The Morgan fingerprint density at radius 3 is 2.72 bits per heavy atom. The van der Waals surface area contributed by atoms with Gasteiger partial charge in [-0.3, -0.25) is 9.59 Å². The molecule has 2 amide bonds. The minimum Gasteiger partial charge on any atom is -0.472 e. The molecule has 0 atom stereocenters. The summed E-state index contributed by atoms with van der Waals surface area (Å²) in [6.45, 7) is 0.206. The first-order chi connectivity index (χ1) is 8.75. The van der Waals surface area contributed by atoms with Crippen molar-refractivity contribution in [2.75, 3.05) is 6.54 Å². The van der Waals surface area contributed by atoms with E-state index in [1.807, 2.05) is 0 Å². The summed E-state index contributed by atoms with van der Waals surface area (Å²) >= 11 is 0. The molecule has 0 bridgehead atoms. The Hall–Kier alpha value is -2.50. The van der Waals surface area contributed by atoms with Gasteiger partial charge in [-0.25, -0.2) is 0 Å². The molecule has 0 saturated carbocycles. The lowest BCUT2D eigenvalue weighted by Gasteiger charge is -2.04. The van der Waals surface area contributed by atoms with E-state index in [4.69, 9.17) is 8.83 Å². The fourth-order valence-electron chi connectivity index (χ4n) is 1.32. The number of hydrogen-bond donors (Lipinski definition) is 2. The average Bonchev–Trinajstić information content (AvgIpc) is 3.05. The standard InChI is InChI=1S/C12H12N2O4/c15-11(13-6-10-2-1-4-18-10)7-14-12(16)9-3-5-17-8-9/h1-5,8H,6-7H2,(H,13,15)(H,14,16). The maximum Gasteiger partial charge on any atom is 0.254 e. The van der Waals surface area contributed by atoms with Gasteiger partial charge in [0.1, 0.15) is 12.0 Å². The van der Waals surface area contributed by atoms with Crippen molar-refractivity contribution in [3.05, 3.63) is 48.3 Å². The van der Waals surface area contributed by atoms with Gasteiger partial charge in [0.05, 0.1) is 31.2 Å². The van der Waals surface area contributed by atoms with Crippen LogP contribution in [0.2, 0.25) is 0 Å². The quantitative estimate of drug-likeness (QED) is 0.824. The highest BCUT2D eigenvalue weighted by molar-refractivity contribution is 5.96. The number of carbonyl (C=O) groups is 2. The number of nitrogens with one attached hydrogen (secondary N) is 2. The number of furan rings is 2. The van der Waals surface area contributed by atoms with E-state index in [0.29, 0.717) is 17.9 Å². The van der Waals surface area contributed by atoms with Crippen LogP contribution in [0.1, 0.15) is 16.1 Å². The third-order valence-corrected chi connectivity index (χ3v) is 2.23. The van der Waals surface area contributed by atoms with E-state index in [1.165, 1.54) is 24.9 Å². The summed E-state index contributed by atoms with van der Waals surface area (Å²) < 4.78 is 9.82. The van der Waals surface area contributed by atoms with E-state index in [9.17, 15) is 9.59 Å².